The second-order valence-electron chi connectivity index (χ2n) is 5.79. The SMILES string of the molecule is c1ccc2c(c1)Sc1ccccc1N2c1ccc(-c2nncnn2)cc1. The molecular formula is C20H13N5S. The summed E-state index contributed by atoms with van der Waals surface area (Å²) in [5, 5.41) is 15.6. The molecule has 4 aromatic rings. The summed E-state index contributed by atoms with van der Waals surface area (Å²) in [5.74, 6) is 0.522. The Kier molecular flexibility index (Phi) is 3.61. The van der Waals surface area contributed by atoms with E-state index in [2.05, 4.69) is 86.0 Å². The summed E-state index contributed by atoms with van der Waals surface area (Å²) in [4.78, 5) is 4.78. The van der Waals surface area contributed by atoms with Crippen molar-refractivity contribution >= 4 is 28.8 Å². The van der Waals surface area contributed by atoms with Gasteiger partial charge in [0.05, 0.1) is 11.4 Å². The number of aromatic nitrogens is 4. The highest BCUT2D eigenvalue weighted by molar-refractivity contribution is 7.99. The molecule has 0 spiro atoms. The first-order valence-corrected chi connectivity index (χ1v) is 8.99. The van der Waals surface area contributed by atoms with Gasteiger partial charge in [-0.15, -0.1) is 20.4 Å². The van der Waals surface area contributed by atoms with E-state index >= 15 is 0 Å². The molecule has 3 aromatic carbocycles. The molecule has 0 atom stereocenters. The molecule has 0 radical (unpaired) electrons. The zero-order valence-corrected chi connectivity index (χ0v) is 14.5. The van der Waals surface area contributed by atoms with Gasteiger partial charge in [-0.3, -0.25) is 0 Å². The third kappa shape index (κ3) is 2.51. The monoisotopic (exact) mass is 355 g/mol. The molecule has 1 aromatic heterocycles. The molecule has 124 valence electrons. The van der Waals surface area contributed by atoms with Crippen molar-refractivity contribution in [2.75, 3.05) is 4.90 Å². The highest BCUT2D eigenvalue weighted by Crippen LogP contribution is 2.51. The van der Waals surface area contributed by atoms with Gasteiger partial charge >= 0.3 is 0 Å². The molecule has 0 bridgehead atoms. The van der Waals surface area contributed by atoms with Crippen molar-refractivity contribution in [3.8, 4) is 11.4 Å². The van der Waals surface area contributed by atoms with Crippen LogP contribution in [-0.2, 0) is 0 Å². The summed E-state index contributed by atoms with van der Waals surface area (Å²) in [6.07, 6.45) is 1.33. The van der Waals surface area contributed by atoms with E-state index in [1.54, 1.807) is 11.8 Å². The van der Waals surface area contributed by atoms with Crippen LogP contribution in [0.4, 0.5) is 17.1 Å². The van der Waals surface area contributed by atoms with Crippen LogP contribution in [0.1, 0.15) is 0 Å². The predicted molar refractivity (Wildman–Crippen MR) is 102 cm³/mol. The van der Waals surface area contributed by atoms with Crippen molar-refractivity contribution in [1.29, 1.82) is 0 Å². The average molecular weight is 355 g/mol. The van der Waals surface area contributed by atoms with Crippen molar-refractivity contribution < 1.29 is 0 Å². The molecule has 5 rings (SSSR count). The number of para-hydroxylation sites is 2. The highest BCUT2D eigenvalue weighted by Gasteiger charge is 2.24. The maximum Gasteiger partial charge on any atom is 0.203 e. The van der Waals surface area contributed by atoms with Gasteiger partial charge in [-0.1, -0.05) is 36.0 Å². The van der Waals surface area contributed by atoms with Crippen LogP contribution in [0.5, 0.6) is 0 Å². The molecule has 0 unspecified atom stereocenters. The molecule has 5 nitrogen and oxygen atoms in total. The minimum Gasteiger partial charge on any atom is -0.308 e. The molecule has 0 fully saturated rings. The van der Waals surface area contributed by atoms with Crippen LogP contribution in [0.25, 0.3) is 11.4 Å². The van der Waals surface area contributed by atoms with E-state index in [-0.39, 0.29) is 0 Å². The maximum absolute atomic E-state index is 4.02. The van der Waals surface area contributed by atoms with E-state index in [1.165, 1.54) is 27.5 Å². The van der Waals surface area contributed by atoms with E-state index in [9.17, 15) is 0 Å². The number of benzene rings is 3. The number of anilines is 3. The van der Waals surface area contributed by atoms with Gasteiger partial charge < -0.3 is 4.90 Å². The minimum atomic E-state index is 0.522. The van der Waals surface area contributed by atoms with Crippen molar-refractivity contribution in [2.45, 2.75) is 9.79 Å². The van der Waals surface area contributed by atoms with Crippen LogP contribution in [0.3, 0.4) is 0 Å². The van der Waals surface area contributed by atoms with Crippen LogP contribution >= 0.6 is 11.8 Å². The second-order valence-corrected chi connectivity index (χ2v) is 6.87. The molecule has 1 aliphatic heterocycles. The molecule has 0 saturated carbocycles. The maximum atomic E-state index is 4.02. The summed E-state index contributed by atoms with van der Waals surface area (Å²) in [7, 11) is 0. The first-order valence-electron chi connectivity index (χ1n) is 8.17. The van der Waals surface area contributed by atoms with E-state index in [4.69, 9.17) is 0 Å². The number of fused-ring (bicyclic) bond motifs is 2. The van der Waals surface area contributed by atoms with Crippen molar-refractivity contribution in [1.82, 2.24) is 20.4 Å². The Morgan fingerprint density at radius 3 is 1.85 bits per heavy atom. The fourth-order valence-corrected chi connectivity index (χ4v) is 4.12. The summed E-state index contributed by atoms with van der Waals surface area (Å²) in [6, 6.07) is 25.1. The van der Waals surface area contributed by atoms with Gasteiger partial charge in [-0.25, -0.2) is 0 Å². The molecular weight excluding hydrogens is 342 g/mol. The van der Waals surface area contributed by atoms with Gasteiger partial charge in [0, 0.05) is 21.0 Å². The molecule has 1 aliphatic rings. The zero-order valence-electron chi connectivity index (χ0n) is 13.6. The number of hydrogen-bond donors (Lipinski definition) is 0. The van der Waals surface area contributed by atoms with Gasteiger partial charge in [-0.2, -0.15) is 0 Å². The smallest absolute Gasteiger partial charge is 0.203 e. The topological polar surface area (TPSA) is 54.8 Å². The van der Waals surface area contributed by atoms with Gasteiger partial charge in [0.2, 0.25) is 5.82 Å². The molecule has 0 amide bonds. The van der Waals surface area contributed by atoms with Gasteiger partial charge in [-0.05, 0) is 48.5 Å². The van der Waals surface area contributed by atoms with Gasteiger partial charge in [0.25, 0.3) is 0 Å². The first-order chi connectivity index (χ1) is 12.9. The Labute approximate surface area is 154 Å². The Bertz CT molecular complexity index is 1020. The second kappa shape index (κ2) is 6.24. The summed E-state index contributed by atoms with van der Waals surface area (Å²) in [5.41, 5.74) is 4.35. The third-order valence-corrected chi connectivity index (χ3v) is 5.35. The van der Waals surface area contributed by atoms with Crippen LogP contribution in [-0.4, -0.2) is 20.4 Å². The summed E-state index contributed by atoms with van der Waals surface area (Å²) in [6.45, 7) is 0. The molecule has 2 heterocycles. The quantitative estimate of drug-likeness (QED) is 0.450. The first kappa shape index (κ1) is 15.0. The Morgan fingerprint density at radius 2 is 1.23 bits per heavy atom. The summed E-state index contributed by atoms with van der Waals surface area (Å²) >= 11 is 1.80. The molecule has 26 heavy (non-hydrogen) atoms. The lowest BCUT2D eigenvalue weighted by molar-refractivity contribution is 0.864. The molecule has 0 aliphatic carbocycles. The lowest BCUT2D eigenvalue weighted by Crippen LogP contribution is -2.14. The average Bonchev–Trinajstić information content (AvgIpc) is 2.73. The standard InChI is InChI=1S/C20H13N5S/c1-3-7-18-16(5-1)25(17-6-2-4-8-19(17)26-18)15-11-9-14(10-12-15)20-23-21-13-22-24-20/h1-13H. The molecule has 0 saturated heterocycles. The molecule has 0 N–H and O–H groups in total. The summed E-state index contributed by atoms with van der Waals surface area (Å²) < 4.78 is 0. The van der Waals surface area contributed by atoms with Crippen molar-refractivity contribution in [2.24, 2.45) is 0 Å². The van der Waals surface area contributed by atoms with Crippen LogP contribution < -0.4 is 4.90 Å². The van der Waals surface area contributed by atoms with E-state index < -0.39 is 0 Å². The lowest BCUT2D eigenvalue weighted by atomic mass is 10.1. The number of nitrogens with zero attached hydrogens (tertiary/aromatic N) is 5. The van der Waals surface area contributed by atoms with Gasteiger partial charge in [0.1, 0.15) is 0 Å². The largest absolute Gasteiger partial charge is 0.308 e. The normalized spacial score (nSPS) is 12.4. The van der Waals surface area contributed by atoms with Crippen LogP contribution in [0.15, 0.2) is 88.9 Å². The Hall–Kier alpha value is -3.25. The molecule has 6 heteroatoms. The fourth-order valence-electron chi connectivity index (χ4n) is 3.06. The van der Waals surface area contributed by atoms with Gasteiger partial charge in [0.15, 0.2) is 6.33 Å². The predicted octanol–water partition coefficient (Wildman–Crippen LogP) is 4.87. The number of rotatable bonds is 2. The lowest BCUT2D eigenvalue weighted by Gasteiger charge is -2.32. The van der Waals surface area contributed by atoms with Crippen LogP contribution in [0.2, 0.25) is 0 Å². The minimum absolute atomic E-state index is 0.522. The van der Waals surface area contributed by atoms with Crippen molar-refractivity contribution in [3.63, 3.8) is 0 Å². The highest BCUT2D eigenvalue weighted by atomic mass is 32.2. The van der Waals surface area contributed by atoms with Crippen molar-refractivity contribution in [3.05, 3.63) is 79.1 Å². The van der Waals surface area contributed by atoms with E-state index in [1.807, 2.05) is 12.1 Å². The van der Waals surface area contributed by atoms with E-state index in [0.29, 0.717) is 5.82 Å². The Morgan fingerprint density at radius 1 is 0.654 bits per heavy atom. The fraction of sp³-hybridized carbons (Fsp3) is 0. The Balaban J connectivity index is 1.62. The van der Waals surface area contributed by atoms with E-state index in [0.717, 1.165) is 11.3 Å². The zero-order chi connectivity index (χ0) is 17.3. The third-order valence-electron chi connectivity index (χ3n) is 4.22. The van der Waals surface area contributed by atoms with Crippen LogP contribution in [0, 0.1) is 0 Å². The number of hydrogen-bond acceptors (Lipinski definition) is 6.